The maximum Gasteiger partial charge on any atom is 0.235 e. The first kappa shape index (κ1) is 19.0. The molecule has 7 heteroatoms. The molecule has 4 rings (SSSR count). The van der Waals surface area contributed by atoms with Crippen molar-refractivity contribution in [2.45, 2.75) is 62.8 Å². The molecule has 2 atom stereocenters. The third kappa shape index (κ3) is 3.81. The fraction of sp³-hybridized carbons (Fsp3) is 0.650. The molecule has 1 fully saturated rings. The van der Waals surface area contributed by atoms with E-state index in [4.69, 9.17) is 0 Å². The zero-order valence-corrected chi connectivity index (χ0v) is 18.0. The number of rotatable bonds is 5. The minimum atomic E-state index is -0.124. The van der Waals surface area contributed by atoms with Crippen LogP contribution in [0.5, 0.6) is 0 Å². The highest BCUT2D eigenvalue weighted by Gasteiger charge is 2.27. The molecule has 2 aromatic heterocycles. The van der Waals surface area contributed by atoms with Crippen LogP contribution in [-0.2, 0) is 24.7 Å². The van der Waals surface area contributed by atoms with Crippen LogP contribution in [0.25, 0.3) is 10.7 Å². The van der Waals surface area contributed by atoms with E-state index in [1.165, 1.54) is 52.8 Å². The SMILES string of the molecule is CCC1CCc2sc(-c3nnc(SC(C)C(=O)N4CCCC4)n3C)cc2C1. The number of carbonyl (C=O) groups is 1. The van der Waals surface area contributed by atoms with Crippen LogP contribution in [0.4, 0.5) is 0 Å². The van der Waals surface area contributed by atoms with E-state index in [0.29, 0.717) is 0 Å². The third-order valence-electron chi connectivity index (χ3n) is 5.87. The van der Waals surface area contributed by atoms with Gasteiger partial charge in [-0.1, -0.05) is 25.1 Å². The highest BCUT2D eigenvalue weighted by molar-refractivity contribution is 8.00. The van der Waals surface area contributed by atoms with Gasteiger partial charge in [0, 0.05) is 25.0 Å². The van der Waals surface area contributed by atoms with Gasteiger partial charge in [0.2, 0.25) is 5.91 Å². The lowest BCUT2D eigenvalue weighted by Gasteiger charge is -2.19. The second kappa shape index (κ2) is 7.95. The Labute approximate surface area is 169 Å². The summed E-state index contributed by atoms with van der Waals surface area (Å²) in [4.78, 5) is 17.3. The van der Waals surface area contributed by atoms with Gasteiger partial charge >= 0.3 is 0 Å². The Balaban J connectivity index is 1.49. The van der Waals surface area contributed by atoms with Crippen molar-refractivity contribution >= 4 is 29.0 Å². The summed E-state index contributed by atoms with van der Waals surface area (Å²) in [5.74, 6) is 1.97. The third-order valence-corrected chi connectivity index (χ3v) is 8.22. The van der Waals surface area contributed by atoms with E-state index in [9.17, 15) is 4.79 Å². The maximum atomic E-state index is 12.6. The summed E-state index contributed by atoms with van der Waals surface area (Å²) in [6.07, 6.45) is 7.21. The first-order valence-electron chi connectivity index (χ1n) is 10.0. The number of nitrogens with zero attached hydrogens (tertiary/aromatic N) is 4. The molecule has 1 saturated heterocycles. The Hall–Kier alpha value is -1.34. The molecule has 146 valence electrons. The average molecular weight is 405 g/mol. The lowest BCUT2D eigenvalue weighted by molar-refractivity contribution is -0.129. The molecule has 0 N–H and O–H groups in total. The van der Waals surface area contributed by atoms with Crippen molar-refractivity contribution in [3.8, 4) is 10.7 Å². The van der Waals surface area contributed by atoms with E-state index in [-0.39, 0.29) is 11.2 Å². The summed E-state index contributed by atoms with van der Waals surface area (Å²) in [7, 11) is 2.01. The van der Waals surface area contributed by atoms with Crippen LogP contribution < -0.4 is 0 Å². The van der Waals surface area contributed by atoms with E-state index in [2.05, 4.69) is 23.2 Å². The second-order valence-electron chi connectivity index (χ2n) is 7.73. The molecule has 1 aliphatic carbocycles. The smallest absolute Gasteiger partial charge is 0.235 e. The number of amides is 1. The minimum absolute atomic E-state index is 0.124. The number of likely N-dealkylation sites (tertiary alicyclic amines) is 1. The average Bonchev–Trinajstić information content (AvgIpc) is 3.40. The second-order valence-corrected chi connectivity index (χ2v) is 10.2. The van der Waals surface area contributed by atoms with E-state index in [0.717, 1.165) is 42.8 Å². The maximum absolute atomic E-state index is 12.6. The summed E-state index contributed by atoms with van der Waals surface area (Å²) in [5, 5.41) is 9.54. The molecule has 0 spiro atoms. The molecule has 2 aromatic rings. The number of fused-ring (bicyclic) bond motifs is 1. The zero-order valence-electron chi connectivity index (χ0n) is 16.4. The normalized spacial score (nSPS) is 20.7. The number of carbonyl (C=O) groups excluding carboxylic acids is 1. The monoisotopic (exact) mass is 404 g/mol. The number of thioether (sulfide) groups is 1. The Morgan fingerprint density at radius 2 is 2.15 bits per heavy atom. The molecule has 5 nitrogen and oxygen atoms in total. The van der Waals surface area contributed by atoms with E-state index in [1.54, 1.807) is 0 Å². The summed E-state index contributed by atoms with van der Waals surface area (Å²) < 4.78 is 2.05. The van der Waals surface area contributed by atoms with Gasteiger partial charge in [0.25, 0.3) is 0 Å². The lowest BCUT2D eigenvalue weighted by atomic mass is 9.87. The predicted molar refractivity (Wildman–Crippen MR) is 111 cm³/mol. The fourth-order valence-electron chi connectivity index (χ4n) is 4.09. The van der Waals surface area contributed by atoms with E-state index in [1.807, 2.05) is 34.8 Å². The fourth-order valence-corrected chi connectivity index (χ4v) is 6.22. The molecule has 2 aliphatic rings. The summed E-state index contributed by atoms with van der Waals surface area (Å²) in [6, 6.07) is 2.32. The first-order chi connectivity index (χ1) is 13.1. The number of hydrogen-bond acceptors (Lipinski definition) is 5. The van der Waals surface area contributed by atoms with Gasteiger partial charge in [0.05, 0.1) is 10.1 Å². The summed E-state index contributed by atoms with van der Waals surface area (Å²) >= 11 is 3.39. The topological polar surface area (TPSA) is 51.0 Å². The van der Waals surface area contributed by atoms with Crippen molar-refractivity contribution < 1.29 is 4.79 Å². The van der Waals surface area contributed by atoms with Crippen molar-refractivity contribution in [1.82, 2.24) is 19.7 Å². The van der Waals surface area contributed by atoms with Gasteiger partial charge in [-0.2, -0.15) is 0 Å². The van der Waals surface area contributed by atoms with Gasteiger partial charge in [-0.15, -0.1) is 21.5 Å². The molecule has 27 heavy (non-hydrogen) atoms. The molecule has 3 heterocycles. The van der Waals surface area contributed by atoms with Crippen LogP contribution in [-0.4, -0.2) is 43.9 Å². The lowest BCUT2D eigenvalue weighted by Crippen LogP contribution is -2.34. The van der Waals surface area contributed by atoms with Crippen LogP contribution >= 0.6 is 23.1 Å². The number of aryl methyl sites for hydroxylation is 1. The Morgan fingerprint density at radius 3 is 2.89 bits per heavy atom. The number of hydrogen-bond donors (Lipinski definition) is 0. The molecule has 0 aromatic carbocycles. The van der Waals surface area contributed by atoms with Crippen LogP contribution in [0.1, 0.15) is 50.0 Å². The van der Waals surface area contributed by atoms with E-state index < -0.39 is 0 Å². The molecule has 1 aliphatic heterocycles. The van der Waals surface area contributed by atoms with Crippen molar-refractivity contribution in [1.29, 1.82) is 0 Å². The summed E-state index contributed by atoms with van der Waals surface area (Å²) in [5.41, 5.74) is 1.50. The standard InChI is InChI=1S/C20H28N4OS2/c1-4-14-7-8-16-15(11-14)12-17(27-16)18-21-22-20(23(18)3)26-13(2)19(25)24-9-5-6-10-24/h12-14H,4-11H2,1-3H3. The molecule has 0 bridgehead atoms. The largest absolute Gasteiger partial charge is 0.342 e. The minimum Gasteiger partial charge on any atom is -0.342 e. The van der Waals surface area contributed by atoms with Gasteiger partial charge < -0.3 is 9.47 Å². The molecular formula is C20H28N4OS2. The van der Waals surface area contributed by atoms with Gasteiger partial charge in [-0.05, 0) is 56.6 Å². The highest BCUT2D eigenvalue weighted by Crippen LogP contribution is 2.38. The molecule has 0 saturated carbocycles. The predicted octanol–water partition coefficient (Wildman–Crippen LogP) is 4.16. The molecule has 2 unspecified atom stereocenters. The van der Waals surface area contributed by atoms with Gasteiger partial charge in [-0.3, -0.25) is 4.79 Å². The number of aromatic nitrogens is 3. The van der Waals surface area contributed by atoms with E-state index >= 15 is 0 Å². The van der Waals surface area contributed by atoms with Crippen LogP contribution in [0.3, 0.4) is 0 Å². The Morgan fingerprint density at radius 1 is 1.37 bits per heavy atom. The van der Waals surface area contributed by atoms with Crippen molar-refractivity contribution in [2.75, 3.05) is 13.1 Å². The molecule has 0 radical (unpaired) electrons. The van der Waals surface area contributed by atoms with Crippen LogP contribution in [0.2, 0.25) is 0 Å². The number of thiophene rings is 1. The van der Waals surface area contributed by atoms with Crippen molar-refractivity contribution in [2.24, 2.45) is 13.0 Å². The van der Waals surface area contributed by atoms with Crippen molar-refractivity contribution in [3.63, 3.8) is 0 Å². The molecule has 1 amide bonds. The quantitative estimate of drug-likeness (QED) is 0.702. The Kier molecular flexibility index (Phi) is 5.60. The first-order valence-corrected chi connectivity index (χ1v) is 11.7. The van der Waals surface area contributed by atoms with Crippen LogP contribution in [0, 0.1) is 5.92 Å². The van der Waals surface area contributed by atoms with Crippen LogP contribution in [0.15, 0.2) is 11.2 Å². The Bertz CT molecular complexity index is 822. The van der Waals surface area contributed by atoms with Gasteiger partial charge in [-0.25, -0.2) is 0 Å². The molecular weight excluding hydrogens is 376 g/mol. The zero-order chi connectivity index (χ0) is 19.0. The highest BCUT2D eigenvalue weighted by atomic mass is 32.2. The van der Waals surface area contributed by atoms with Gasteiger partial charge in [0.1, 0.15) is 0 Å². The van der Waals surface area contributed by atoms with Crippen molar-refractivity contribution in [3.05, 3.63) is 16.5 Å². The summed E-state index contributed by atoms with van der Waals surface area (Å²) in [6.45, 7) is 6.06. The van der Waals surface area contributed by atoms with Gasteiger partial charge in [0.15, 0.2) is 11.0 Å².